The highest BCUT2D eigenvalue weighted by molar-refractivity contribution is 6.07. The number of hydrogen-bond acceptors (Lipinski definition) is 5. The second-order valence-electron chi connectivity index (χ2n) is 6.61. The summed E-state index contributed by atoms with van der Waals surface area (Å²) in [6, 6.07) is 16.1. The first-order chi connectivity index (χ1) is 12.6. The number of carbonyl (C=O) groups is 1. The van der Waals surface area contributed by atoms with Gasteiger partial charge in [-0.05, 0) is 24.6 Å². The molecule has 3 aromatic rings. The molecule has 0 saturated carbocycles. The van der Waals surface area contributed by atoms with E-state index in [4.69, 9.17) is 5.73 Å². The third-order valence-electron chi connectivity index (χ3n) is 4.87. The summed E-state index contributed by atoms with van der Waals surface area (Å²) in [5.41, 5.74) is 7.82. The minimum atomic E-state index is -0.482. The Bertz CT molecular complexity index is 957. The van der Waals surface area contributed by atoms with E-state index < -0.39 is 5.91 Å². The number of primary amides is 1. The summed E-state index contributed by atoms with van der Waals surface area (Å²) in [6.45, 7) is 3.58. The van der Waals surface area contributed by atoms with E-state index in [1.54, 1.807) is 6.07 Å². The molecule has 26 heavy (non-hydrogen) atoms. The van der Waals surface area contributed by atoms with Gasteiger partial charge in [0.15, 0.2) is 0 Å². The van der Waals surface area contributed by atoms with Crippen molar-refractivity contribution in [1.29, 1.82) is 0 Å². The van der Waals surface area contributed by atoms with Gasteiger partial charge in [0.25, 0.3) is 5.91 Å². The first-order valence-electron chi connectivity index (χ1n) is 8.73. The summed E-state index contributed by atoms with van der Waals surface area (Å²) in [5.74, 6) is 1.21. The van der Waals surface area contributed by atoms with Crippen molar-refractivity contribution < 1.29 is 4.79 Å². The van der Waals surface area contributed by atoms with Gasteiger partial charge in [-0.3, -0.25) is 4.79 Å². The number of aryl methyl sites for hydroxylation is 1. The smallest absolute Gasteiger partial charge is 0.250 e. The average molecular weight is 347 g/mol. The molecule has 0 radical (unpaired) electrons. The second-order valence-corrected chi connectivity index (χ2v) is 6.61. The molecule has 1 amide bonds. The van der Waals surface area contributed by atoms with Gasteiger partial charge in [0, 0.05) is 30.4 Å². The molecule has 2 aromatic carbocycles. The van der Waals surface area contributed by atoms with Gasteiger partial charge in [-0.2, -0.15) is 0 Å². The van der Waals surface area contributed by atoms with Crippen molar-refractivity contribution in [2.24, 2.45) is 5.73 Å². The number of aromatic nitrogens is 2. The van der Waals surface area contributed by atoms with E-state index in [-0.39, 0.29) is 6.04 Å². The Balaban J connectivity index is 1.73. The Morgan fingerprint density at radius 3 is 2.69 bits per heavy atom. The van der Waals surface area contributed by atoms with E-state index in [9.17, 15) is 4.79 Å². The molecule has 2 atom stereocenters. The van der Waals surface area contributed by atoms with Crippen molar-refractivity contribution in [3.63, 3.8) is 0 Å². The van der Waals surface area contributed by atoms with E-state index in [1.165, 1.54) is 5.56 Å². The van der Waals surface area contributed by atoms with E-state index in [0.29, 0.717) is 22.8 Å². The molecule has 0 aliphatic carbocycles. The van der Waals surface area contributed by atoms with Crippen LogP contribution in [0.1, 0.15) is 27.7 Å². The molecule has 0 spiro atoms. The standard InChI is InChI=1S/C20H21N5O/c1-12-23-18-14(19(21)26)8-5-9-15(18)20(24-12)25-17-11-22-10-16(17)13-6-3-2-4-7-13/h2-9,16-17,22H,10-11H2,1H3,(H2,21,26)(H,23,24,25)/t16-,17+/m1/s1. The molecule has 6 heteroatoms. The largest absolute Gasteiger partial charge is 0.366 e. The van der Waals surface area contributed by atoms with E-state index >= 15 is 0 Å². The van der Waals surface area contributed by atoms with Gasteiger partial charge in [0.2, 0.25) is 0 Å². The van der Waals surface area contributed by atoms with Crippen molar-refractivity contribution in [3.05, 3.63) is 65.5 Å². The minimum Gasteiger partial charge on any atom is -0.366 e. The molecule has 1 saturated heterocycles. The first-order valence-corrected chi connectivity index (χ1v) is 8.73. The molecular weight excluding hydrogens is 326 g/mol. The van der Waals surface area contributed by atoms with Crippen molar-refractivity contribution in [1.82, 2.24) is 15.3 Å². The third kappa shape index (κ3) is 2.99. The highest BCUT2D eigenvalue weighted by Gasteiger charge is 2.29. The zero-order valence-electron chi connectivity index (χ0n) is 14.6. The number of rotatable bonds is 4. The van der Waals surface area contributed by atoms with Crippen LogP contribution in [-0.4, -0.2) is 35.0 Å². The van der Waals surface area contributed by atoms with Gasteiger partial charge in [-0.15, -0.1) is 0 Å². The van der Waals surface area contributed by atoms with Crippen molar-refractivity contribution in [2.45, 2.75) is 18.9 Å². The molecule has 0 unspecified atom stereocenters. The van der Waals surface area contributed by atoms with Gasteiger partial charge < -0.3 is 16.4 Å². The predicted octanol–water partition coefficient (Wildman–Crippen LogP) is 2.20. The number of anilines is 1. The zero-order chi connectivity index (χ0) is 18.1. The summed E-state index contributed by atoms with van der Waals surface area (Å²) in [4.78, 5) is 20.8. The highest BCUT2D eigenvalue weighted by Crippen LogP contribution is 2.29. The van der Waals surface area contributed by atoms with Gasteiger partial charge in [0.05, 0.1) is 11.1 Å². The molecule has 1 aliphatic heterocycles. The van der Waals surface area contributed by atoms with Crippen molar-refractivity contribution >= 4 is 22.6 Å². The summed E-state index contributed by atoms with van der Waals surface area (Å²) >= 11 is 0. The topological polar surface area (TPSA) is 92.9 Å². The second kappa shape index (κ2) is 6.72. The number of nitrogens with zero attached hydrogens (tertiary/aromatic N) is 2. The van der Waals surface area contributed by atoms with Crippen LogP contribution in [0.4, 0.5) is 5.82 Å². The number of hydrogen-bond donors (Lipinski definition) is 3. The average Bonchev–Trinajstić information content (AvgIpc) is 3.10. The molecule has 0 bridgehead atoms. The first kappa shape index (κ1) is 16.5. The Morgan fingerprint density at radius 2 is 1.92 bits per heavy atom. The lowest BCUT2D eigenvalue weighted by Crippen LogP contribution is -2.28. The van der Waals surface area contributed by atoms with Crippen LogP contribution in [-0.2, 0) is 0 Å². The van der Waals surface area contributed by atoms with Gasteiger partial charge in [-0.25, -0.2) is 9.97 Å². The summed E-state index contributed by atoms with van der Waals surface area (Å²) in [5, 5.41) is 7.84. The molecule has 4 N–H and O–H groups in total. The Hall–Kier alpha value is -2.99. The van der Waals surface area contributed by atoms with Crippen LogP contribution in [0.25, 0.3) is 10.9 Å². The molecule has 4 rings (SSSR count). The Labute approximate surface area is 151 Å². The summed E-state index contributed by atoms with van der Waals surface area (Å²) in [6.07, 6.45) is 0. The highest BCUT2D eigenvalue weighted by atomic mass is 16.1. The lowest BCUT2D eigenvalue weighted by atomic mass is 9.94. The normalized spacial score (nSPS) is 19.6. The quantitative estimate of drug-likeness (QED) is 0.673. The number of para-hydroxylation sites is 1. The summed E-state index contributed by atoms with van der Waals surface area (Å²) in [7, 11) is 0. The van der Waals surface area contributed by atoms with Crippen LogP contribution < -0.4 is 16.4 Å². The molecule has 1 aliphatic rings. The monoisotopic (exact) mass is 347 g/mol. The van der Waals surface area contributed by atoms with Crippen LogP contribution >= 0.6 is 0 Å². The fourth-order valence-electron chi connectivity index (χ4n) is 3.63. The van der Waals surface area contributed by atoms with Gasteiger partial charge in [-0.1, -0.05) is 36.4 Å². The van der Waals surface area contributed by atoms with Crippen LogP contribution in [0, 0.1) is 6.92 Å². The van der Waals surface area contributed by atoms with E-state index in [0.717, 1.165) is 24.3 Å². The minimum absolute atomic E-state index is 0.201. The molecule has 2 heterocycles. The maximum atomic E-state index is 11.8. The van der Waals surface area contributed by atoms with E-state index in [1.807, 2.05) is 25.1 Å². The third-order valence-corrected chi connectivity index (χ3v) is 4.87. The van der Waals surface area contributed by atoms with Crippen LogP contribution in [0.5, 0.6) is 0 Å². The molecule has 132 valence electrons. The molecule has 6 nitrogen and oxygen atoms in total. The predicted molar refractivity (Wildman–Crippen MR) is 102 cm³/mol. The van der Waals surface area contributed by atoms with Gasteiger partial charge in [0.1, 0.15) is 11.6 Å². The number of amides is 1. The number of carbonyl (C=O) groups excluding carboxylic acids is 1. The number of fused-ring (bicyclic) bond motifs is 1. The maximum absolute atomic E-state index is 11.8. The zero-order valence-corrected chi connectivity index (χ0v) is 14.6. The number of nitrogens with two attached hydrogens (primary N) is 1. The van der Waals surface area contributed by atoms with Crippen molar-refractivity contribution in [2.75, 3.05) is 18.4 Å². The number of benzene rings is 2. The Morgan fingerprint density at radius 1 is 1.12 bits per heavy atom. The Kier molecular flexibility index (Phi) is 4.26. The lowest BCUT2D eigenvalue weighted by Gasteiger charge is -2.22. The summed E-state index contributed by atoms with van der Waals surface area (Å²) < 4.78 is 0. The van der Waals surface area contributed by atoms with Crippen LogP contribution in [0.15, 0.2) is 48.5 Å². The molecular formula is C20H21N5O. The lowest BCUT2D eigenvalue weighted by molar-refractivity contribution is 0.100. The van der Waals surface area contributed by atoms with Gasteiger partial charge >= 0.3 is 0 Å². The molecule has 1 fully saturated rings. The van der Waals surface area contributed by atoms with Crippen LogP contribution in [0.3, 0.4) is 0 Å². The maximum Gasteiger partial charge on any atom is 0.250 e. The van der Waals surface area contributed by atoms with Crippen LogP contribution in [0.2, 0.25) is 0 Å². The molecule has 1 aromatic heterocycles. The fraction of sp³-hybridized carbons (Fsp3) is 0.250. The number of nitrogens with one attached hydrogen (secondary N) is 2. The SMILES string of the molecule is Cc1nc(N[C@H]2CNC[C@@H]2c2ccccc2)c2cccc(C(N)=O)c2n1. The van der Waals surface area contributed by atoms with E-state index in [2.05, 4.69) is 44.9 Å². The fourth-order valence-corrected chi connectivity index (χ4v) is 3.63. The van der Waals surface area contributed by atoms with Crippen molar-refractivity contribution in [3.8, 4) is 0 Å².